The van der Waals surface area contributed by atoms with Crippen LogP contribution < -0.4 is 4.74 Å². The molecular weight excluding hydrogens is 225 g/mol. The van der Waals surface area contributed by atoms with Crippen molar-refractivity contribution in [2.24, 2.45) is 0 Å². The first-order valence-electron chi connectivity index (χ1n) is 4.99. The molecule has 0 saturated heterocycles. The van der Waals surface area contributed by atoms with Crippen LogP contribution in [-0.4, -0.2) is 11.4 Å². The average Bonchev–Trinajstić information content (AvgIpc) is 2.73. The average molecular weight is 235 g/mol. The number of halogens is 1. The van der Waals surface area contributed by atoms with Gasteiger partial charge in [0.25, 0.3) is 0 Å². The second-order valence-electron chi connectivity index (χ2n) is 3.52. The summed E-state index contributed by atoms with van der Waals surface area (Å²) in [7, 11) is 0. The summed E-state index contributed by atoms with van der Waals surface area (Å²) in [6.07, 6.45) is 0.546. The van der Waals surface area contributed by atoms with Crippen LogP contribution in [0.5, 0.6) is 5.75 Å². The fourth-order valence-electron chi connectivity index (χ4n) is 1.38. The lowest BCUT2D eigenvalue weighted by Gasteiger charge is -2.05. The number of benzene rings is 1. The van der Waals surface area contributed by atoms with Crippen molar-refractivity contribution in [3.05, 3.63) is 47.1 Å². The Morgan fingerprint density at radius 2 is 2.29 bits per heavy atom. The number of hydrogen-bond donors (Lipinski definition) is 0. The van der Waals surface area contributed by atoms with Crippen molar-refractivity contribution in [2.75, 3.05) is 0 Å². The van der Waals surface area contributed by atoms with Crippen LogP contribution in [0.1, 0.15) is 21.8 Å². The summed E-state index contributed by atoms with van der Waals surface area (Å²) in [4.78, 5) is 10.7. The van der Waals surface area contributed by atoms with E-state index in [1.165, 1.54) is 12.1 Å². The molecule has 1 aromatic heterocycles. The molecule has 0 amide bonds. The second kappa shape index (κ2) is 4.78. The van der Waals surface area contributed by atoms with Crippen LogP contribution in [0.3, 0.4) is 0 Å². The molecular formula is C12H10FNO3. The SMILES string of the molecule is Cc1cc(COc2ccc(F)cc2C=O)on1. The molecule has 1 aromatic carbocycles. The second-order valence-corrected chi connectivity index (χ2v) is 3.52. The Morgan fingerprint density at radius 3 is 2.94 bits per heavy atom. The molecule has 0 spiro atoms. The summed E-state index contributed by atoms with van der Waals surface area (Å²) in [5.74, 6) is 0.383. The molecule has 0 aliphatic rings. The third kappa shape index (κ3) is 2.69. The number of carbonyl (C=O) groups is 1. The predicted molar refractivity (Wildman–Crippen MR) is 57.4 cm³/mol. The standard InChI is InChI=1S/C12H10FNO3/c1-8-4-11(17-14-8)7-16-12-3-2-10(13)5-9(12)6-15/h2-6H,7H2,1H3. The lowest BCUT2D eigenvalue weighted by Crippen LogP contribution is -1.97. The first kappa shape index (κ1) is 11.3. The van der Waals surface area contributed by atoms with Gasteiger partial charge in [0.1, 0.15) is 18.2 Å². The van der Waals surface area contributed by atoms with Gasteiger partial charge in [0, 0.05) is 6.07 Å². The molecule has 0 atom stereocenters. The molecule has 0 saturated carbocycles. The summed E-state index contributed by atoms with van der Waals surface area (Å²) in [5, 5.41) is 3.70. The zero-order valence-corrected chi connectivity index (χ0v) is 9.14. The summed E-state index contributed by atoms with van der Waals surface area (Å²) >= 11 is 0. The van der Waals surface area contributed by atoms with Crippen molar-refractivity contribution < 1.29 is 18.4 Å². The van der Waals surface area contributed by atoms with Gasteiger partial charge in [-0.15, -0.1) is 0 Å². The normalized spacial score (nSPS) is 10.2. The maximum atomic E-state index is 12.9. The van der Waals surface area contributed by atoms with Gasteiger partial charge >= 0.3 is 0 Å². The van der Waals surface area contributed by atoms with Crippen LogP contribution in [0.2, 0.25) is 0 Å². The third-order valence-corrected chi connectivity index (χ3v) is 2.15. The van der Waals surface area contributed by atoms with Crippen molar-refractivity contribution >= 4 is 6.29 Å². The quantitative estimate of drug-likeness (QED) is 0.764. The van der Waals surface area contributed by atoms with Crippen molar-refractivity contribution in [1.29, 1.82) is 0 Å². The Kier molecular flexibility index (Phi) is 3.18. The van der Waals surface area contributed by atoms with Crippen LogP contribution >= 0.6 is 0 Å². The van der Waals surface area contributed by atoms with Gasteiger partial charge in [0.05, 0.1) is 11.3 Å². The third-order valence-electron chi connectivity index (χ3n) is 2.15. The highest BCUT2D eigenvalue weighted by Gasteiger charge is 2.07. The minimum absolute atomic E-state index is 0.146. The number of hydrogen-bond acceptors (Lipinski definition) is 4. The molecule has 1 heterocycles. The number of nitrogens with zero attached hydrogens (tertiary/aromatic N) is 1. The van der Waals surface area contributed by atoms with Crippen LogP contribution in [0, 0.1) is 12.7 Å². The van der Waals surface area contributed by atoms with Gasteiger partial charge in [0.2, 0.25) is 0 Å². The monoisotopic (exact) mass is 235 g/mol. The Morgan fingerprint density at radius 1 is 1.47 bits per heavy atom. The fourth-order valence-corrected chi connectivity index (χ4v) is 1.38. The first-order chi connectivity index (χ1) is 8.19. The van der Waals surface area contributed by atoms with Crippen LogP contribution in [-0.2, 0) is 6.61 Å². The number of carbonyl (C=O) groups excluding carboxylic acids is 1. The molecule has 5 heteroatoms. The van der Waals surface area contributed by atoms with Gasteiger partial charge in [-0.1, -0.05) is 5.16 Å². The zero-order chi connectivity index (χ0) is 12.3. The van der Waals surface area contributed by atoms with E-state index >= 15 is 0 Å². The summed E-state index contributed by atoms with van der Waals surface area (Å²) < 4.78 is 23.2. The molecule has 2 aromatic rings. The minimum Gasteiger partial charge on any atom is -0.485 e. The zero-order valence-electron chi connectivity index (χ0n) is 9.14. The fraction of sp³-hybridized carbons (Fsp3) is 0.167. The minimum atomic E-state index is -0.477. The maximum Gasteiger partial charge on any atom is 0.174 e. The number of rotatable bonds is 4. The molecule has 4 nitrogen and oxygen atoms in total. The van der Waals surface area contributed by atoms with E-state index in [-0.39, 0.29) is 12.2 Å². The van der Waals surface area contributed by atoms with E-state index in [1.54, 1.807) is 13.0 Å². The van der Waals surface area contributed by atoms with Gasteiger partial charge in [-0.25, -0.2) is 4.39 Å². The number of ether oxygens (including phenoxy) is 1. The maximum absolute atomic E-state index is 12.9. The van der Waals surface area contributed by atoms with Crippen molar-refractivity contribution in [3.63, 3.8) is 0 Å². The van der Waals surface area contributed by atoms with E-state index in [4.69, 9.17) is 9.26 Å². The van der Waals surface area contributed by atoms with E-state index < -0.39 is 5.82 Å². The van der Waals surface area contributed by atoms with Crippen molar-refractivity contribution in [2.45, 2.75) is 13.5 Å². The van der Waals surface area contributed by atoms with Crippen molar-refractivity contribution in [1.82, 2.24) is 5.16 Å². The Bertz CT molecular complexity index is 536. The molecule has 0 aliphatic carbocycles. The Balaban J connectivity index is 2.11. The molecule has 0 aliphatic heterocycles. The van der Waals surface area contributed by atoms with E-state index in [2.05, 4.69) is 5.16 Å². The highest BCUT2D eigenvalue weighted by atomic mass is 19.1. The molecule has 17 heavy (non-hydrogen) atoms. The van der Waals surface area contributed by atoms with Gasteiger partial charge in [-0.2, -0.15) is 0 Å². The van der Waals surface area contributed by atoms with E-state index in [9.17, 15) is 9.18 Å². The highest BCUT2D eigenvalue weighted by Crippen LogP contribution is 2.19. The van der Waals surface area contributed by atoms with E-state index in [0.29, 0.717) is 17.8 Å². The Labute approximate surface area is 97.0 Å². The van der Waals surface area contributed by atoms with Gasteiger partial charge in [-0.05, 0) is 25.1 Å². The van der Waals surface area contributed by atoms with E-state index in [1.807, 2.05) is 0 Å². The van der Waals surface area contributed by atoms with E-state index in [0.717, 1.165) is 11.8 Å². The first-order valence-corrected chi connectivity index (χ1v) is 4.99. The highest BCUT2D eigenvalue weighted by molar-refractivity contribution is 5.79. The van der Waals surface area contributed by atoms with Gasteiger partial charge in [0.15, 0.2) is 12.0 Å². The number of aromatic nitrogens is 1. The Hall–Kier alpha value is -2.17. The van der Waals surface area contributed by atoms with Gasteiger partial charge in [-0.3, -0.25) is 4.79 Å². The lowest BCUT2D eigenvalue weighted by atomic mass is 10.2. The number of aldehydes is 1. The van der Waals surface area contributed by atoms with Crippen LogP contribution in [0.15, 0.2) is 28.8 Å². The van der Waals surface area contributed by atoms with Gasteiger partial charge < -0.3 is 9.26 Å². The molecule has 0 N–H and O–H groups in total. The van der Waals surface area contributed by atoms with Crippen LogP contribution in [0.25, 0.3) is 0 Å². The summed E-state index contributed by atoms with van der Waals surface area (Å²) in [5.41, 5.74) is 0.916. The molecule has 0 bridgehead atoms. The lowest BCUT2D eigenvalue weighted by molar-refractivity contribution is 0.111. The molecule has 0 radical (unpaired) electrons. The molecule has 0 fully saturated rings. The predicted octanol–water partition coefficient (Wildman–Crippen LogP) is 2.51. The summed E-state index contributed by atoms with van der Waals surface area (Å²) in [6, 6.07) is 5.48. The molecule has 0 unspecified atom stereocenters. The number of aryl methyl sites for hydroxylation is 1. The van der Waals surface area contributed by atoms with Crippen molar-refractivity contribution in [3.8, 4) is 5.75 Å². The topological polar surface area (TPSA) is 52.3 Å². The largest absolute Gasteiger partial charge is 0.485 e. The molecule has 88 valence electrons. The van der Waals surface area contributed by atoms with Crippen LogP contribution in [0.4, 0.5) is 4.39 Å². The smallest absolute Gasteiger partial charge is 0.174 e. The summed E-state index contributed by atoms with van der Waals surface area (Å²) in [6.45, 7) is 1.94. The molecule has 2 rings (SSSR count).